The Morgan fingerprint density at radius 1 is 1.31 bits per heavy atom. The predicted molar refractivity (Wildman–Crippen MR) is 101 cm³/mol. The third kappa shape index (κ3) is 3.48. The number of aromatic nitrogens is 1. The molecule has 0 amide bonds. The van der Waals surface area contributed by atoms with E-state index in [0.717, 1.165) is 35.3 Å². The van der Waals surface area contributed by atoms with Gasteiger partial charge in [0.1, 0.15) is 0 Å². The Hall–Kier alpha value is -2.67. The minimum Gasteiger partial charge on any atom is -0.378 e. The monoisotopic (exact) mass is 353 g/mol. The van der Waals surface area contributed by atoms with Gasteiger partial charge in [-0.25, -0.2) is 4.99 Å². The van der Waals surface area contributed by atoms with Crippen molar-refractivity contribution in [3.05, 3.63) is 42.1 Å². The van der Waals surface area contributed by atoms with Gasteiger partial charge in [-0.15, -0.1) is 0 Å². The minimum absolute atomic E-state index is 0.122. The maximum absolute atomic E-state index is 6.10. The van der Waals surface area contributed by atoms with E-state index in [1.54, 1.807) is 0 Å². The summed E-state index contributed by atoms with van der Waals surface area (Å²) in [5, 5.41) is 5.38. The van der Waals surface area contributed by atoms with E-state index in [4.69, 9.17) is 15.3 Å². The number of pyridine rings is 1. The zero-order valence-corrected chi connectivity index (χ0v) is 14.8. The molecule has 136 valence electrons. The van der Waals surface area contributed by atoms with Crippen molar-refractivity contribution in [1.82, 2.24) is 9.88 Å². The Balaban J connectivity index is 1.43. The summed E-state index contributed by atoms with van der Waals surface area (Å²) in [5.74, 6) is 0.617. The van der Waals surface area contributed by atoms with E-state index in [9.17, 15) is 0 Å². The highest BCUT2D eigenvalue weighted by Crippen LogP contribution is 2.26. The van der Waals surface area contributed by atoms with Gasteiger partial charge in [-0.3, -0.25) is 4.98 Å². The molecule has 0 aliphatic carbocycles. The third-order valence-corrected chi connectivity index (χ3v) is 4.90. The van der Waals surface area contributed by atoms with Gasteiger partial charge in [-0.05, 0) is 17.7 Å². The molecule has 0 spiro atoms. The summed E-state index contributed by atoms with van der Waals surface area (Å²) in [6.45, 7) is 4.99. The van der Waals surface area contributed by atoms with Gasteiger partial charge in [0.25, 0.3) is 0 Å². The number of fused-ring (bicyclic) bond motifs is 1. The Kier molecular flexibility index (Phi) is 4.71. The van der Waals surface area contributed by atoms with Gasteiger partial charge < -0.3 is 20.2 Å². The molecular formula is C19H23N5O2. The normalized spacial score (nSPS) is 22.2. The average Bonchev–Trinajstić information content (AvgIpc) is 3.16. The van der Waals surface area contributed by atoms with Crippen LogP contribution < -0.4 is 5.73 Å². The average molecular weight is 353 g/mol. The molecule has 0 saturated carbocycles. The lowest BCUT2D eigenvalue weighted by Gasteiger charge is -2.27. The molecule has 2 atom stereocenters. The first-order chi connectivity index (χ1) is 12.7. The Morgan fingerprint density at radius 3 is 2.96 bits per heavy atom. The first-order valence-electron chi connectivity index (χ1n) is 8.94. The lowest BCUT2D eigenvalue weighted by Crippen LogP contribution is -2.45. The van der Waals surface area contributed by atoms with Gasteiger partial charge in [0.15, 0.2) is 5.96 Å². The van der Waals surface area contributed by atoms with Crippen LogP contribution in [0.4, 0.5) is 0 Å². The molecule has 1 fully saturated rings. The molecule has 2 aliphatic rings. The van der Waals surface area contributed by atoms with Gasteiger partial charge >= 0.3 is 0 Å². The van der Waals surface area contributed by atoms with Crippen LogP contribution in [0.2, 0.25) is 0 Å². The molecule has 2 aliphatic heterocycles. The fourth-order valence-electron chi connectivity index (χ4n) is 3.25. The molecule has 0 bridgehead atoms. The van der Waals surface area contributed by atoms with Gasteiger partial charge in [0.2, 0.25) is 6.23 Å². The molecule has 7 heteroatoms. The van der Waals surface area contributed by atoms with Crippen molar-refractivity contribution < 1.29 is 9.57 Å². The quantitative estimate of drug-likeness (QED) is 0.674. The second-order valence-corrected chi connectivity index (χ2v) is 6.62. The number of morpholine rings is 1. The molecule has 7 nitrogen and oxygen atoms in total. The summed E-state index contributed by atoms with van der Waals surface area (Å²) in [7, 11) is 0. The minimum atomic E-state index is -0.358. The third-order valence-electron chi connectivity index (χ3n) is 4.90. The molecule has 2 aromatic rings. The van der Waals surface area contributed by atoms with Crippen LogP contribution in [0.15, 0.2) is 46.7 Å². The van der Waals surface area contributed by atoms with Crippen LogP contribution in [-0.4, -0.2) is 54.1 Å². The highest BCUT2D eigenvalue weighted by Gasteiger charge is 2.26. The van der Waals surface area contributed by atoms with E-state index in [2.05, 4.69) is 34.2 Å². The molecular weight excluding hydrogens is 330 g/mol. The van der Waals surface area contributed by atoms with Crippen LogP contribution >= 0.6 is 0 Å². The van der Waals surface area contributed by atoms with Gasteiger partial charge in [-0.2, -0.15) is 0 Å². The van der Waals surface area contributed by atoms with E-state index in [0.29, 0.717) is 25.6 Å². The van der Waals surface area contributed by atoms with Crippen molar-refractivity contribution in [1.29, 1.82) is 0 Å². The number of aliphatic imine (C=N–C) groups is 1. The maximum Gasteiger partial charge on any atom is 0.225 e. The zero-order valence-electron chi connectivity index (χ0n) is 14.8. The lowest BCUT2D eigenvalue weighted by molar-refractivity contribution is 0.0637. The number of hydrogen-bond acceptors (Lipinski definition) is 5. The summed E-state index contributed by atoms with van der Waals surface area (Å²) in [6, 6.07) is 10.3. The van der Waals surface area contributed by atoms with E-state index >= 15 is 0 Å². The molecule has 2 N–H and O–H groups in total. The number of nitrogens with two attached hydrogens (primary N) is 1. The zero-order chi connectivity index (χ0) is 17.9. The number of benzene rings is 1. The summed E-state index contributed by atoms with van der Waals surface area (Å²) in [5.41, 5.74) is 9.18. The van der Waals surface area contributed by atoms with Crippen molar-refractivity contribution in [2.24, 2.45) is 15.9 Å². The SMILES string of the molecule is CC(C1=NOC(N=C(N)N2CCOCC2)C1)c1cnc2ccccc2c1. The summed E-state index contributed by atoms with van der Waals surface area (Å²) >= 11 is 0. The topological polar surface area (TPSA) is 85.3 Å². The number of ether oxygens (including phenoxy) is 1. The van der Waals surface area contributed by atoms with Crippen LogP contribution in [0.3, 0.4) is 0 Å². The fourth-order valence-corrected chi connectivity index (χ4v) is 3.25. The molecule has 2 unspecified atom stereocenters. The van der Waals surface area contributed by atoms with E-state index in [1.165, 1.54) is 0 Å². The number of hydrogen-bond donors (Lipinski definition) is 1. The van der Waals surface area contributed by atoms with Crippen molar-refractivity contribution >= 4 is 22.6 Å². The molecule has 1 aromatic carbocycles. The smallest absolute Gasteiger partial charge is 0.225 e. The first-order valence-corrected chi connectivity index (χ1v) is 8.94. The summed E-state index contributed by atoms with van der Waals surface area (Å²) in [4.78, 5) is 16.5. The lowest BCUT2D eigenvalue weighted by atomic mass is 9.94. The molecule has 1 aromatic heterocycles. The van der Waals surface area contributed by atoms with E-state index in [-0.39, 0.29) is 12.1 Å². The standard InChI is InChI=1S/C19H23N5O2/c1-13(15-10-14-4-2-3-5-16(14)21-12-15)17-11-18(26-23-17)22-19(20)24-6-8-25-9-7-24/h2-5,10,12-13,18H,6-9,11H2,1H3,(H2,20,22). The Bertz CT molecular complexity index is 845. The molecule has 26 heavy (non-hydrogen) atoms. The number of guanidine groups is 1. The fraction of sp³-hybridized carbons (Fsp3) is 0.421. The molecule has 3 heterocycles. The molecule has 0 radical (unpaired) electrons. The number of para-hydroxylation sites is 1. The Labute approximate surface area is 152 Å². The van der Waals surface area contributed by atoms with Crippen LogP contribution in [0.1, 0.15) is 24.8 Å². The summed E-state index contributed by atoms with van der Waals surface area (Å²) in [6.07, 6.45) is 2.19. The molecule has 4 rings (SSSR count). The maximum atomic E-state index is 6.10. The van der Waals surface area contributed by atoms with Gasteiger partial charge in [0, 0.05) is 30.6 Å². The van der Waals surface area contributed by atoms with Crippen molar-refractivity contribution in [2.75, 3.05) is 26.3 Å². The van der Waals surface area contributed by atoms with Gasteiger partial charge in [0.05, 0.1) is 30.9 Å². The second-order valence-electron chi connectivity index (χ2n) is 6.62. The molecule has 1 saturated heterocycles. The van der Waals surface area contributed by atoms with Crippen LogP contribution in [0, 0.1) is 0 Å². The number of nitrogens with zero attached hydrogens (tertiary/aromatic N) is 4. The highest BCUT2D eigenvalue weighted by molar-refractivity contribution is 5.92. The van der Waals surface area contributed by atoms with Crippen LogP contribution in [-0.2, 0) is 9.57 Å². The summed E-state index contributed by atoms with van der Waals surface area (Å²) < 4.78 is 5.34. The van der Waals surface area contributed by atoms with Crippen molar-refractivity contribution in [3.63, 3.8) is 0 Å². The Morgan fingerprint density at radius 2 is 2.12 bits per heavy atom. The van der Waals surface area contributed by atoms with Crippen LogP contribution in [0.25, 0.3) is 10.9 Å². The van der Waals surface area contributed by atoms with Crippen molar-refractivity contribution in [3.8, 4) is 0 Å². The van der Waals surface area contributed by atoms with E-state index < -0.39 is 0 Å². The number of oxime groups is 1. The van der Waals surface area contributed by atoms with Crippen LogP contribution in [0.5, 0.6) is 0 Å². The largest absolute Gasteiger partial charge is 0.378 e. The van der Waals surface area contributed by atoms with Crippen molar-refractivity contribution in [2.45, 2.75) is 25.5 Å². The highest BCUT2D eigenvalue weighted by atomic mass is 16.7. The predicted octanol–water partition coefficient (Wildman–Crippen LogP) is 2.09. The van der Waals surface area contributed by atoms with Gasteiger partial charge in [-0.1, -0.05) is 30.3 Å². The second kappa shape index (κ2) is 7.29. The van der Waals surface area contributed by atoms with E-state index in [1.807, 2.05) is 29.3 Å². The number of rotatable bonds is 3. The first kappa shape index (κ1) is 16.8.